The van der Waals surface area contributed by atoms with E-state index in [1.165, 1.54) is 6.07 Å². The van der Waals surface area contributed by atoms with Crippen LogP contribution in [0.5, 0.6) is 0 Å². The molecular weight excluding hydrogens is 276 g/mol. The van der Waals surface area contributed by atoms with Gasteiger partial charge in [0.15, 0.2) is 0 Å². The summed E-state index contributed by atoms with van der Waals surface area (Å²) in [6, 6.07) is 2.09. The maximum Gasteiger partial charge on any atom is 0.129 e. The lowest BCUT2D eigenvalue weighted by Crippen LogP contribution is -2.37. The molecular formula is C13H20Cl2FNO. The van der Waals surface area contributed by atoms with Crippen molar-refractivity contribution >= 4 is 24.0 Å². The van der Waals surface area contributed by atoms with Gasteiger partial charge in [-0.2, -0.15) is 0 Å². The molecule has 0 spiro atoms. The number of aliphatic hydroxyl groups is 1. The lowest BCUT2D eigenvalue weighted by Gasteiger charge is -2.31. The summed E-state index contributed by atoms with van der Waals surface area (Å²) in [4.78, 5) is 0. The van der Waals surface area contributed by atoms with Crippen LogP contribution in [-0.2, 0) is 0 Å². The van der Waals surface area contributed by atoms with Crippen LogP contribution < -0.4 is 5.73 Å². The van der Waals surface area contributed by atoms with Crippen LogP contribution in [0.1, 0.15) is 37.9 Å². The lowest BCUT2D eigenvalue weighted by molar-refractivity contribution is 0.0392. The highest BCUT2D eigenvalue weighted by molar-refractivity contribution is 6.32. The van der Waals surface area contributed by atoms with Gasteiger partial charge in [0.2, 0.25) is 0 Å². The third kappa shape index (κ3) is 3.58. The fourth-order valence-corrected chi connectivity index (χ4v) is 1.96. The highest BCUT2D eigenvalue weighted by Crippen LogP contribution is 2.34. The Kier molecular flexibility index (Phi) is 6.08. The van der Waals surface area contributed by atoms with E-state index < -0.39 is 23.4 Å². The summed E-state index contributed by atoms with van der Waals surface area (Å²) in [6.07, 6.45) is -0.865. The summed E-state index contributed by atoms with van der Waals surface area (Å²) in [7, 11) is 0. The number of aliphatic hydroxyl groups excluding tert-OH is 1. The summed E-state index contributed by atoms with van der Waals surface area (Å²) >= 11 is 6.06. The van der Waals surface area contributed by atoms with E-state index in [0.29, 0.717) is 5.02 Å². The molecule has 1 aromatic carbocycles. The van der Waals surface area contributed by atoms with Gasteiger partial charge >= 0.3 is 0 Å². The summed E-state index contributed by atoms with van der Waals surface area (Å²) in [6.45, 7) is 7.32. The molecule has 0 radical (unpaired) electrons. The van der Waals surface area contributed by atoms with Crippen LogP contribution in [0.2, 0.25) is 5.02 Å². The van der Waals surface area contributed by atoms with Crippen molar-refractivity contribution in [2.24, 2.45) is 11.1 Å². The maximum atomic E-state index is 13.8. The molecule has 0 heterocycles. The second-order valence-electron chi connectivity index (χ2n) is 5.43. The topological polar surface area (TPSA) is 46.2 Å². The average molecular weight is 296 g/mol. The number of nitrogens with two attached hydrogens (primary N) is 1. The highest BCUT2D eigenvalue weighted by atomic mass is 35.5. The molecule has 0 fully saturated rings. The first kappa shape index (κ1) is 17.6. The van der Waals surface area contributed by atoms with Crippen molar-refractivity contribution in [3.63, 3.8) is 0 Å². The zero-order chi connectivity index (χ0) is 13.4. The molecule has 0 aromatic heterocycles. The normalized spacial score (nSPS) is 14.9. The number of rotatable bonds is 2. The second kappa shape index (κ2) is 6.20. The van der Waals surface area contributed by atoms with Crippen LogP contribution >= 0.6 is 24.0 Å². The van der Waals surface area contributed by atoms with E-state index in [1.807, 2.05) is 20.8 Å². The van der Waals surface area contributed by atoms with Gasteiger partial charge in [-0.3, -0.25) is 0 Å². The van der Waals surface area contributed by atoms with E-state index in [2.05, 4.69) is 0 Å². The number of aryl methyl sites for hydroxylation is 1. The predicted molar refractivity (Wildman–Crippen MR) is 75.8 cm³/mol. The third-order valence-corrected chi connectivity index (χ3v) is 3.38. The van der Waals surface area contributed by atoms with E-state index in [1.54, 1.807) is 13.0 Å². The van der Waals surface area contributed by atoms with E-state index in [0.717, 1.165) is 5.56 Å². The van der Waals surface area contributed by atoms with Crippen LogP contribution in [0.4, 0.5) is 4.39 Å². The van der Waals surface area contributed by atoms with Gasteiger partial charge in [-0.15, -0.1) is 12.4 Å². The average Bonchev–Trinajstić information content (AvgIpc) is 2.21. The van der Waals surface area contributed by atoms with Crippen molar-refractivity contribution < 1.29 is 9.50 Å². The molecule has 2 nitrogen and oxygen atoms in total. The van der Waals surface area contributed by atoms with E-state index in [-0.39, 0.29) is 18.0 Å². The molecule has 0 bridgehead atoms. The molecule has 0 saturated heterocycles. The lowest BCUT2D eigenvalue weighted by atomic mass is 9.82. The fourth-order valence-electron chi connectivity index (χ4n) is 1.68. The van der Waals surface area contributed by atoms with Crippen molar-refractivity contribution in [3.8, 4) is 0 Å². The molecule has 104 valence electrons. The molecule has 18 heavy (non-hydrogen) atoms. The number of benzene rings is 1. The molecule has 0 aliphatic carbocycles. The maximum absolute atomic E-state index is 13.8. The first-order valence-corrected chi connectivity index (χ1v) is 5.92. The summed E-state index contributed by atoms with van der Waals surface area (Å²) in [5.74, 6) is -0.476. The standard InChI is InChI=1S/C13H19ClFNO.ClH/c1-7-5-6-8(15)9(10(7)14)11(16)12(17)13(2,3)4;/h5-6,11-12,17H,16H2,1-4H3;1H/t11-,12-;/m1./s1. The van der Waals surface area contributed by atoms with Gasteiger partial charge in [-0.25, -0.2) is 4.39 Å². The van der Waals surface area contributed by atoms with Crippen LogP contribution in [0, 0.1) is 18.2 Å². The first-order valence-electron chi connectivity index (χ1n) is 5.54. The summed E-state index contributed by atoms with van der Waals surface area (Å²) in [5.41, 5.74) is 6.43. The van der Waals surface area contributed by atoms with Gasteiger partial charge in [0.05, 0.1) is 17.2 Å². The van der Waals surface area contributed by atoms with Crippen molar-refractivity contribution in [1.82, 2.24) is 0 Å². The number of halogens is 3. The molecule has 1 aromatic rings. The third-order valence-electron chi connectivity index (χ3n) is 2.88. The Balaban J connectivity index is 0.00000289. The molecule has 1 rings (SSSR count). The molecule has 0 aliphatic heterocycles. The number of hydrogen-bond acceptors (Lipinski definition) is 2. The quantitative estimate of drug-likeness (QED) is 0.875. The zero-order valence-electron chi connectivity index (χ0n) is 11.0. The predicted octanol–water partition coefficient (Wildman–Crippen LogP) is 3.62. The Labute approximate surface area is 119 Å². The van der Waals surface area contributed by atoms with Gasteiger partial charge < -0.3 is 10.8 Å². The minimum Gasteiger partial charge on any atom is -0.391 e. The SMILES string of the molecule is Cc1ccc(F)c([C@@H](N)[C@@H](O)C(C)(C)C)c1Cl.Cl. The molecule has 3 N–H and O–H groups in total. The van der Waals surface area contributed by atoms with E-state index >= 15 is 0 Å². The Bertz CT molecular complexity index is 418. The largest absolute Gasteiger partial charge is 0.391 e. The molecule has 0 saturated carbocycles. The molecule has 0 unspecified atom stereocenters. The van der Waals surface area contributed by atoms with Crippen LogP contribution in [0.25, 0.3) is 0 Å². The van der Waals surface area contributed by atoms with Crippen molar-refractivity contribution in [1.29, 1.82) is 0 Å². The first-order chi connectivity index (χ1) is 7.66. The second-order valence-corrected chi connectivity index (χ2v) is 5.81. The van der Waals surface area contributed by atoms with Gasteiger partial charge in [0.1, 0.15) is 5.82 Å². The molecule has 0 amide bonds. The Morgan fingerprint density at radius 2 is 1.83 bits per heavy atom. The minimum atomic E-state index is -0.865. The van der Waals surface area contributed by atoms with Crippen LogP contribution in [0.15, 0.2) is 12.1 Å². The zero-order valence-corrected chi connectivity index (χ0v) is 12.6. The smallest absolute Gasteiger partial charge is 0.129 e. The number of hydrogen-bond donors (Lipinski definition) is 2. The van der Waals surface area contributed by atoms with Gasteiger partial charge in [0.25, 0.3) is 0 Å². The van der Waals surface area contributed by atoms with Crippen molar-refractivity contribution in [3.05, 3.63) is 34.1 Å². The summed E-state index contributed by atoms with van der Waals surface area (Å²) < 4.78 is 13.8. The van der Waals surface area contributed by atoms with Crippen LogP contribution in [-0.4, -0.2) is 11.2 Å². The molecule has 5 heteroatoms. The Morgan fingerprint density at radius 3 is 2.28 bits per heavy atom. The van der Waals surface area contributed by atoms with Crippen molar-refractivity contribution in [2.45, 2.75) is 39.8 Å². The van der Waals surface area contributed by atoms with Gasteiger partial charge in [0, 0.05) is 5.56 Å². The fraction of sp³-hybridized carbons (Fsp3) is 0.538. The Morgan fingerprint density at radius 1 is 1.33 bits per heavy atom. The van der Waals surface area contributed by atoms with E-state index in [9.17, 15) is 9.50 Å². The van der Waals surface area contributed by atoms with Gasteiger partial charge in [-0.1, -0.05) is 38.4 Å². The molecule has 2 atom stereocenters. The minimum absolute atomic E-state index is 0. The monoisotopic (exact) mass is 295 g/mol. The van der Waals surface area contributed by atoms with Gasteiger partial charge in [-0.05, 0) is 24.0 Å². The summed E-state index contributed by atoms with van der Waals surface area (Å²) in [5, 5.41) is 10.4. The Hall–Kier alpha value is -0.350. The van der Waals surface area contributed by atoms with E-state index in [4.69, 9.17) is 17.3 Å². The molecule has 0 aliphatic rings. The van der Waals surface area contributed by atoms with Crippen molar-refractivity contribution in [2.75, 3.05) is 0 Å². The van der Waals surface area contributed by atoms with Crippen LogP contribution in [0.3, 0.4) is 0 Å². The highest BCUT2D eigenvalue weighted by Gasteiger charge is 2.32.